The molecule has 98 valence electrons. The Labute approximate surface area is 133 Å². The van der Waals surface area contributed by atoms with Crippen molar-refractivity contribution in [3.8, 4) is 0 Å². The van der Waals surface area contributed by atoms with Crippen molar-refractivity contribution in [2.75, 3.05) is 5.32 Å². The molecule has 2 nitrogen and oxygen atoms in total. The van der Waals surface area contributed by atoms with Gasteiger partial charge in [-0.15, -0.1) is 0 Å². The molecular formula is C14H10Br2ClNO. The molecule has 0 saturated heterocycles. The Hall–Kier alpha value is -0.840. The van der Waals surface area contributed by atoms with Crippen LogP contribution in [0.15, 0.2) is 45.3 Å². The third-order valence-electron chi connectivity index (χ3n) is 2.55. The number of aryl methyl sites for hydroxylation is 1. The van der Waals surface area contributed by atoms with Gasteiger partial charge < -0.3 is 5.32 Å². The lowest BCUT2D eigenvalue weighted by Gasteiger charge is -2.09. The van der Waals surface area contributed by atoms with Gasteiger partial charge in [0.2, 0.25) is 0 Å². The molecule has 0 unspecified atom stereocenters. The zero-order valence-corrected chi connectivity index (χ0v) is 13.9. The van der Waals surface area contributed by atoms with Crippen LogP contribution >= 0.6 is 43.5 Å². The second-order valence-electron chi connectivity index (χ2n) is 4.06. The summed E-state index contributed by atoms with van der Waals surface area (Å²) in [6, 6.07) is 10.9. The van der Waals surface area contributed by atoms with Crippen LogP contribution in [0.2, 0.25) is 5.02 Å². The third kappa shape index (κ3) is 3.59. The molecule has 0 bridgehead atoms. The minimum absolute atomic E-state index is 0.234. The molecule has 0 saturated carbocycles. The topological polar surface area (TPSA) is 29.1 Å². The van der Waals surface area contributed by atoms with E-state index in [0.717, 1.165) is 20.2 Å². The molecule has 0 spiro atoms. The SMILES string of the molecule is Cc1ccc(NC(=O)c2ccc(Br)cc2Cl)c(Br)c1. The summed E-state index contributed by atoms with van der Waals surface area (Å²) >= 11 is 12.8. The maximum atomic E-state index is 12.2. The summed E-state index contributed by atoms with van der Waals surface area (Å²) in [4.78, 5) is 12.2. The molecule has 0 aliphatic heterocycles. The van der Waals surface area contributed by atoms with Crippen LogP contribution < -0.4 is 5.32 Å². The molecule has 2 aromatic carbocycles. The van der Waals surface area contributed by atoms with Crippen LogP contribution in [0.1, 0.15) is 15.9 Å². The number of carbonyl (C=O) groups is 1. The first kappa shape index (κ1) is 14.6. The Balaban J connectivity index is 2.25. The van der Waals surface area contributed by atoms with E-state index in [1.54, 1.807) is 18.2 Å². The molecule has 0 aliphatic carbocycles. The van der Waals surface area contributed by atoms with Gasteiger partial charge in [0.25, 0.3) is 5.91 Å². The van der Waals surface area contributed by atoms with E-state index < -0.39 is 0 Å². The Morgan fingerprint density at radius 2 is 1.89 bits per heavy atom. The van der Waals surface area contributed by atoms with Gasteiger partial charge >= 0.3 is 0 Å². The fourth-order valence-corrected chi connectivity index (χ4v) is 2.94. The van der Waals surface area contributed by atoms with E-state index in [0.29, 0.717) is 10.6 Å². The first-order valence-electron chi connectivity index (χ1n) is 5.50. The number of halogens is 3. The Kier molecular flexibility index (Phi) is 4.66. The molecule has 2 rings (SSSR count). The summed E-state index contributed by atoms with van der Waals surface area (Å²) in [5.74, 6) is -0.234. The van der Waals surface area contributed by atoms with Crippen molar-refractivity contribution in [2.45, 2.75) is 6.92 Å². The summed E-state index contributed by atoms with van der Waals surface area (Å²) in [7, 11) is 0. The van der Waals surface area contributed by atoms with Gasteiger partial charge in [-0.3, -0.25) is 4.79 Å². The van der Waals surface area contributed by atoms with Gasteiger partial charge in [0, 0.05) is 8.95 Å². The van der Waals surface area contributed by atoms with Crippen molar-refractivity contribution >= 4 is 55.1 Å². The van der Waals surface area contributed by atoms with Gasteiger partial charge in [0.15, 0.2) is 0 Å². The maximum absolute atomic E-state index is 12.2. The lowest BCUT2D eigenvalue weighted by molar-refractivity contribution is 0.102. The van der Waals surface area contributed by atoms with E-state index in [2.05, 4.69) is 37.2 Å². The lowest BCUT2D eigenvalue weighted by Crippen LogP contribution is -2.12. The normalized spacial score (nSPS) is 10.3. The van der Waals surface area contributed by atoms with E-state index in [-0.39, 0.29) is 5.91 Å². The number of rotatable bonds is 2. The molecule has 0 radical (unpaired) electrons. The zero-order chi connectivity index (χ0) is 14.0. The molecule has 5 heteroatoms. The molecule has 0 heterocycles. The first-order valence-corrected chi connectivity index (χ1v) is 7.46. The van der Waals surface area contributed by atoms with E-state index in [1.807, 2.05) is 25.1 Å². The highest BCUT2D eigenvalue weighted by molar-refractivity contribution is 9.10. The van der Waals surface area contributed by atoms with Crippen LogP contribution in [0.4, 0.5) is 5.69 Å². The van der Waals surface area contributed by atoms with Gasteiger partial charge in [-0.2, -0.15) is 0 Å². The van der Waals surface area contributed by atoms with Crippen LogP contribution in [0.5, 0.6) is 0 Å². The number of amides is 1. The van der Waals surface area contributed by atoms with E-state index in [1.165, 1.54) is 0 Å². The minimum Gasteiger partial charge on any atom is -0.321 e. The predicted molar refractivity (Wildman–Crippen MR) is 86.0 cm³/mol. The second kappa shape index (κ2) is 6.07. The highest BCUT2D eigenvalue weighted by Gasteiger charge is 2.12. The fraction of sp³-hybridized carbons (Fsp3) is 0.0714. The Morgan fingerprint density at radius 1 is 1.16 bits per heavy atom. The van der Waals surface area contributed by atoms with Crippen molar-refractivity contribution in [1.82, 2.24) is 0 Å². The lowest BCUT2D eigenvalue weighted by atomic mass is 10.2. The fourth-order valence-electron chi connectivity index (χ4n) is 1.58. The molecule has 19 heavy (non-hydrogen) atoms. The smallest absolute Gasteiger partial charge is 0.257 e. The van der Waals surface area contributed by atoms with Crippen molar-refractivity contribution in [3.05, 3.63) is 61.5 Å². The number of hydrogen-bond acceptors (Lipinski definition) is 1. The Morgan fingerprint density at radius 3 is 2.53 bits per heavy atom. The van der Waals surface area contributed by atoms with Crippen molar-refractivity contribution < 1.29 is 4.79 Å². The monoisotopic (exact) mass is 401 g/mol. The van der Waals surface area contributed by atoms with Crippen LogP contribution in [0.25, 0.3) is 0 Å². The van der Waals surface area contributed by atoms with Gasteiger partial charge in [-0.05, 0) is 58.7 Å². The van der Waals surface area contributed by atoms with Gasteiger partial charge in [-0.25, -0.2) is 0 Å². The van der Waals surface area contributed by atoms with E-state index >= 15 is 0 Å². The van der Waals surface area contributed by atoms with Crippen LogP contribution in [-0.2, 0) is 0 Å². The number of anilines is 1. The summed E-state index contributed by atoms with van der Waals surface area (Å²) in [5, 5.41) is 3.24. The molecule has 2 aromatic rings. The molecule has 1 amide bonds. The maximum Gasteiger partial charge on any atom is 0.257 e. The van der Waals surface area contributed by atoms with Crippen LogP contribution in [0.3, 0.4) is 0 Å². The third-order valence-corrected chi connectivity index (χ3v) is 4.01. The molecule has 0 aromatic heterocycles. The van der Waals surface area contributed by atoms with E-state index in [4.69, 9.17) is 11.6 Å². The van der Waals surface area contributed by atoms with Crippen molar-refractivity contribution in [3.63, 3.8) is 0 Å². The minimum atomic E-state index is -0.234. The number of hydrogen-bond donors (Lipinski definition) is 1. The number of benzene rings is 2. The summed E-state index contributed by atoms with van der Waals surface area (Å²) in [6.45, 7) is 1.99. The molecule has 0 atom stereocenters. The number of nitrogens with one attached hydrogen (secondary N) is 1. The predicted octanol–water partition coefficient (Wildman–Crippen LogP) is 5.43. The average molecular weight is 404 g/mol. The zero-order valence-electron chi connectivity index (χ0n) is 10.0. The Bertz CT molecular complexity index is 643. The summed E-state index contributed by atoms with van der Waals surface area (Å²) in [6.07, 6.45) is 0. The molecule has 0 fully saturated rings. The standard InChI is InChI=1S/C14H10Br2ClNO/c1-8-2-5-13(11(16)6-8)18-14(19)10-4-3-9(15)7-12(10)17/h2-7H,1H3,(H,18,19). The van der Waals surface area contributed by atoms with Crippen LogP contribution in [-0.4, -0.2) is 5.91 Å². The molecule has 0 aliphatic rings. The summed E-state index contributed by atoms with van der Waals surface area (Å²) in [5.41, 5.74) is 2.28. The molecule has 1 N–H and O–H groups in total. The second-order valence-corrected chi connectivity index (χ2v) is 6.24. The quantitative estimate of drug-likeness (QED) is 0.712. The van der Waals surface area contributed by atoms with Crippen LogP contribution in [0, 0.1) is 6.92 Å². The highest BCUT2D eigenvalue weighted by atomic mass is 79.9. The first-order chi connectivity index (χ1) is 8.97. The summed E-state index contributed by atoms with van der Waals surface area (Å²) < 4.78 is 1.68. The number of carbonyl (C=O) groups excluding carboxylic acids is 1. The van der Waals surface area contributed by atoms with Crippen molar-refractivity contribution in [2.24, 2.45) is 0 Å². The van der Waals surface area contributed by atoms with Crippen molar-refractivity contribution in [1.29, 1.82) is 0 Å². The van der Waals surface area contributed by atoms with E-state index in [9.17, 15) is 4.79 Å². The van der Waals surface area contributed by atoms with Gasteiger partial charge in [-0.1, -0.05) is 33.6 Å². The average Bonchev–Trinajstić information content (AvgIpc) is 2.32. The van der Waals surface area contributed by atoms with Gasteiger partial charge in [0.1, 0.15) is 0 Å². The van der Waals surface area contributed by atoms with Gasteiger partial charge in [0.05, 0.1) is 16.3 Å². The largest absolute Gasteiger partial charge is 0.321 e. The molecular weight excluding hydrogens is 393 g/mol. The highest BCUT2D eigenvalue weighted by Crippen LogP contribution is 2.26.